The highest BCUT2D eigenvalue weighted by molar-refractivity contribution is 5.74. The van der Waals surface area contributed by atoms with Gasteiger partial charge in [0.05, 0.1) is 12.5 Å². The molecule has 0 spiro atoms. The summed E-state index contributed by atoms with van der Waals surface area (Å²) in [4.78, 5) is 12.0. The first-order valence-corrected chi connectivity index (χ1v) is 6.95. The van der Waals surface area contributed by atoms with Crippen LogP contribution in [0.5, 0.6) is 0 Å². The summed E-state index contributed by atoms with van der Waals surface area (Å²) < 4.78 is 32.0. The maximum absolute atomic E-state index is 13.8. The molecular weight excluding hydrogens is 264 g/mol. The first-order valence-electron chi connectivity index (χ1n) is 6.95. The van der Waals surface area contributed by atoms with Gasteiger partial charge in [0.25, 0.3) is 0 Å². The molecule has 1 heterocycles. The summed E-state index contributed by atoms with van der Waals surface area (Å²) in [5.74, 6) is -2.24. The van der Waals surface area contributed by atoms with Gasteiger partial charge in [0.2, 0.25) is 0 Å². The zero-order valence-corrected chi connectivity index (χ0v) is 11.5. The molecule has 2 rings (SSSR count). The molecule has 0 aromatic heterocycles. The van der Waals surface area contributed by atoms with E-state index in [9.17, 15) is 13.6 Å². The summed E-state index contributed by atoms with van der Waals surface area (Å²) in [5, 5.41) is 3.07. The van der Waals surface area contributed by atoms with Gasteiger partial charge in [-0.3, -0.25) is 4.79 Å². The number of carbonyl (C=O) groups is 1. The third-order valence-electron chi connectivity index (χ3n) is 3.62. The number of nitrogens with one attached hydrogen (secondary N) is 1. The van der Waals surface area contributed by atoms with Crippen molar-refractivity contribution in [2.75, 3.05) is 19.7 Å². The Kier molecular flexibility index (Phi) is 5.06. The summed E-state index contributed by atoms with van der Waals surface area (Å²) in [5.41, 5.74) is 0.369. The summed E-state index contributed by atoms with van der Waals surface area (Å²) in [6.07, 6.45) is 1.77. The first kappa shape index (κ1) is 14.9. The summed E-state index contributed by atoms with van der Waals surface area (Å²) >= 11 is 0. The standard InChI is InChI=1S/C15H19F2NO2/c1-2-3-6-20-15(19)13-9-18-8-12(13)11-5-4-10(16)7-14(11)17/h4-5,7,12-13,18H,2-3,6,8-9H2,1H3. The zero-order valence-electron chi connectivity index (χ0n) is 11.5. The van der Waals surface area contributed by atoms with E-state index in [1.807, 2.05) is 6.92 Å². The van der Waals surface area contributed by atoms with Crippen LogP contribution in [0, 0.1) is 17.6 Å². The van der Waals surface area contributed by atoms with Crippen molar-refractivity contribution in [3.8, 4) is 0 Å². The number of halogens is 2. The lowest BCUT2D eigenvalue weighted by Gasteiger charge is -2.18. The first-order chi connectivity index (χ1) is 9.63. The minimum absolute atomic E-state index is 0.301. The van der Waals surface area contributed by atoms with Crippen LogP contribution in [0.2, 0.25) is 0 Å². The van der Waals surface area contributed by atoms with Crippen LogP contribution in [0.3, 0.4) is 0 Å². The Bertz CT molecular complexity index is 479. The SMILES string of the molecule is CCCCOC(=O)C1CNCC1c1ccc(F)cc1F. The second-order valence-electron chi connectivity index (χ2n) is 5.06. The molecule has 1 N–H and O–H groups in total. The Morgan fingerprint density at radius 2 is 2.20 bits per heavy atom. The van der Waals surface area contributed by atoms with E-state index < -0.39 is 17.6 Å². The fourth-order valence-electron chi connectivity index (χ4n) is 2.48. The predicted octanol–water partition coefficient (Wildman–Crippen LogP) is 2.61. The van der Waals surface area contributed by atoms with Crippen LogP contribution in [0.1, 0.15) is 31.2 Å². The fourth-order valence-corrected chi connectivity index (χ4v) is 2.48. The van der Waals surface area contributed by atoms with E-state index in [4.69, 9.17) is 4.74 Å². The molecule has 110 valence electrons. The predicted molar refractivity (Wildman–Crippen MR) is 71.3 cm³/mol. The summed E-state index contributed by atoms with van der Waals surface area (Å²) in [6.45, 7) is 3.37. The van der Waals surface area contributed by atoms with Crippen molar-refractivity contribution in [2.24, 2.45) is 5.92 Å². The van der Waals surface area contributed by atoms with E-state index in [0.29, 0.717) is 25.3 Å². The molecule has 3 nitrogen and oxygen atoms in total. The molecule has 1 aliphatic rings. The van der Waals surface area contributed by atoms with Crippen molar-refractivity contribution in [1.82, 2.24) is 5.32 Å². The lowest BCUT2D eigenvalue weighted by atomic mass is 9.88. The number of benzene rings is 1. The topological polar surface area (TPSA) is 38.3 Å². The molecule has 2 unspecified atom stereocenters. The highest BCUT2D eigenvalue weighted by Crippen LogP contribution is 2.31. The van der Waals surface area contributed by atoms with Gasteiger partial charge in [0, 0.05) is 25.1 Å². The van der Waals surface area contributed by atoms with Gasteiger partial charge in [-0.15, -0.1) is 0 Å². The quantitative estimate of drug-likeness (QED) is 0.667. The second kappa shape index (κ2) is 6.79. The van der Waals surface area contributed by atoms with Crippen LogP contribution in [-0.2, 0) is 9.53 Å². The monoisotopic (exact) mass is 283 g/mol. The molecule has 0 bridgehead atoms. The Hall–Kier alpha value is -1.49. The van der Waals surface area contributed by atoms with Gasteiger partial charge in [-0.1, -0.05) is 19.4 Å². The Morgan fingerprint density at radius 1 is 1.40 bits per heavy atom. The third-order valence-corrected chi connectivity index (χ3v) is 3.62. The van der Waals surface area contributed by atoms with Gasteiger partial charge in [0.1, 0.15) is 11.6 Å². The summed E-state index contributed by atoms with van der Waals surface area (Å²) in [6, 6.07) is 3.48. The van der Waals surface area contributed by atoms with Crippen LogP contribution < -0.4 is 5.32 Å². The second-order valence-corrected chi connectivity index (χ2v) is 5.06. The molecule has 2 atom stereocenters. The Balaban J connectivity index is 2.08. The minimum Gasteiger partial charge on any atom is -0.465 e. The van der Waals surface area contributed by atoms with Crippen LogP contribution >= 0.6 is 0 Å². The summed E-state index contributed by atoms with van der Waals surface area (Å²) in [7, 11) is 0. The zero-order chi connectivity index (χ0) is 14.5. The molecule has 1 saturated heterocycles. The normalized spacial score (nSPS) is 21.9. The minimum atomic E-state index is -0.612. The van der Waals surface area contributed by atoms with E-state index in [2.05, 4.69) is 5.32 Å². The number of esters is 1. The number of carbonyl (C=O) groups excluding carboxylic acids is 1. The number of hydrogen-bond acceptors (Lipinski definition) is 3. The molecule has 1 aromatic carbocycles. The van der Waals surface area contributed by atoms with Gasteiger partial charge >= 0.3 is 5.97 Å². The molecule has 20 heavy (non-hydrogen) atoms. The van der Waals surface area contributed by atoms with Crippen molar-refractivity contribution in [3.05, 3.63) is 35.4 Å². The van der Waals surface area contributed by atoms with E-state index in [1.165, 1.54) is 12.1 Å². The van der Waals surface area contributed by atoms with Crippen molar-refractivity contribution in [3.63, 3.8) is 0 Å². The maximum atomic E-state index is 13.8. The van der Waals surface area contributed by atoms with E-state index in [0.717, 1.165) is 18.9 Å². The highest BCUT2D eigenvalue weighted by Gasteiger charge is 2.36. The van der Waals surface area contributed by atoms with E-state index in [1.54, 1.807) is 0 Å². The molecule has 0 radical (unpaired) electrons. The van der Waals surface area contributed by atoms with E-state index in [-0.39, 0.29) is 11.9 Å². The van der Waals surface area contributed by atoms with Crippen molar-refractivity contribution in [1.29, 1.82) is 0 Å². The molecule has 5 heteroatoms. The number of ether oxygens (including phenoxy) is 1. The van der Waals surface area contributed by atoms with Gasteiger partial charge in [-0.25, -0.2) is 8.78 Å². The number of unbranched alkanes of at least 4 members (excludes halogenated alkanes) is 1. The lowest BCUT2D eigenvalue weighted by Crippen LogP contribution is -2.25. The largest absolute Gasteiger partial charge is 0.465 e. The average molecular weight is 283 g/mol. The van der Waals surface area contributed by atoms with Crippen molar-refractivity contribution < 1.29 is 18.3 Å². The van der Waals surface area contributed by atoms with Crippen molar-refractivity contribution >= 4 is 5.97 Å². The molecule has 1 aromatic rings. The highest BCUT2D eigenvalue weighted by atomic mass is 19.1. The number of rotatable bonds is 5. The smallest absolute Gasteiger partial charge is 0.310 e. The number of hydrogen-bond donors (Lipinski definition) is 1. The van der Waals surface area contributed by atoms with Crippen LogP contribution in [0.25, 0.3) is 0 Å². The molecule has 1 fully saturated rings. The van der Waals surface area contributed by atoms with E-state index >= 15 is 0 Å². The van der Waals surface area contributed by atoms with Gasteiger partial charge in [-0.05, 0) is 18.1 Å². The fraction of sp³-hybridized carbons (Fsp3) is 0.533. The molecule has 1 aliphatic heterocycles. The van der Waals surface area contributed by atoms with Crippen LogP contribution in [-0.4, -0.2) is 25.7 Å². The molecule has 0 aliphatic carbocycles. The lowest BCUT2D eigenvalue weighted by molar-refractivity contribution is -0.148. The van der Waals surface area contributed by atoms with Gasteiger partial charge < -0.3 is 10.1 Å². The average Bonchev–Trinajstić information content (AvgIpc) is 2.88. The molecular formula is C15H19F2NO2. The van der Waals surface area contributed by atoms with Crippen molar-refractivity contribution in [2.45, 2.75) is 25.7 Å². The third kappa shape index (κ3) is 3.33. The molecule has 0 saturated carbocycles. The van der Waals surface area contributed by atoms with Crippen LogP contribution in [0.4, 0.5) is 8.78 Å². The Labute approximate surface area is 117 Å². The molecule has 0 amide bonds. The van der Waals surface area contributed by atoms with Crippen LogP contribution in [0.15, 0.2) is 18.2 Å². The Morgan fingerprint density at radius 3 is 2.90 bits per heavy atom. The van der Waals surface area contributed by atoms with Gasteiger partial charge in [-0.2, -0.15) is 0 Å². The maximum Gasteiger partial charge on any atom is 0.310 e. The van der Waals surface area contributed by atoms with Gasteiger partial charge in [0.15, 0.2) is 0 Å².